The average Bonchev–Trinajstić information content (AvgIpc) is 2.62. The molecule has 0 spiro atoms. The number of nitrogens with two attached hydrogens (primary N) is 1. The number of nitrogens with one attached hydrogen (secondary N) is 1. The van der Waals surface area contributed by atoms with Crippen molar-refractivity contribution in [3.63, 3.8) is 0 Å². The monoisotopic (exact) mass is 185 g/mol. The Labute approximate surface area is 79.5 Å². The van der Waals surface area contributed by atoms with E-state index in [-0.39, 0.29) is 6.03 Å². The van der Waals surface area contributed by atoms with Crippen molar-refractivity contribution in [1.82, 2.24) is 10.2 Å². The van der Waals surface area contributed by atoms with Gasteiger partial charge in [0.1, 0.15) is 0 Å². The van der Waals surface area contributed by atoms with Gasteiger partial charge in [-0.3, -0.25) is 0 Å². The van der Waals surface area contributed by atoms with E-state index >= 15 is 0 Å². The quantitative estimate of drug-likeness (QED) is 0.653. The predicted octanol–water partition coefficient (Wildman–Crippen LogP) is 0.385. The van der Waals surface area contributed by atoms with Gasteiger partial charge in [0.2, 0.25) is 0 Å². The standard InChI is InChI=1S/C9H19N3O/c1-11-9(13)12(2)8-5-3-4-7(8)6-10/h7-8H,3-6,10H2,1-2H3,(H,11,13). The number of rotatable bonds is 2. The van der Waals surface area contributed by atoms with E-state index in [1.54, 1.807) is 11.9 Å². The van der Waals surface area contributed by atoms with Gasteiger partial charge in [-0.25, -0.2) is 4.79 Å². The highest BCUT2D eigenvalue weighted by atomic mass is 16.2. The summed E-state index contributed by atoms with van der Waals surface area (Å²) >= 11 is 0. The summed E-state index contributed by atoms with van der Waals surface area (Å²) in [5.74, 6) is 0.488. The van der Waals surface area contributed by atoms with Crippen LogP contribution in [0.2, 0.25) is 0 Å². The first-order valence-corrected chi connectivity index (χ1v) is 4.85. The molecule has 1 aliphatic carbocycles. The fourth-order valence-electron chi connectivity index (χ4n) is 2.13. The van der Waals surface area contributed by atoms with E-state index in [1.807, 2.05) is 7.05 Å². The van der Waals surface area contributed by atoms with Crippen LogP contribution in [0.1, 0.15) is 19.3 Å². The zero-order valence-electron chi connectivity index (χ0n) is 8.42. The molecular formula is C9H19N3O. The molecule has 13 heavy (non-hydrogen) atoms. The van der Waals surface area contributed by atoms with Crippen LogP contribution in [0.25, 0.3) is 0 Å². The summed E-state index contributed by atoms with van der Waals surface area (Å²) < 4.78 is 0. The van der Waals surface area contributed by atoms with Crippen LogP contribution in [0.5, 0.6) is 0 Å². The van der Waals surface area contributed by atoms with Gasteiger partial charge in [-0.2, -0.15) is 0 Å². The summed E-state index contributed by atoms with van der Waals surface area (Å²) in [6.07, 6.45) is 3.43. The van der Waals surface area contributed by atoms with E-state index in [9.17, 15) is 4.79 Å². The maximum Gasteiger partial charge on any atom is 0.317 e. The maximum absolute atomic E-state index is 11.3. The van der Waals surface area contributed by atoms with E-state index in [1.165, 1.54) is 6.42 Å². The number of nitrogens with zero attached hydrogens (tertiary/aromatic N) is 1. The third-order valence-electron chi connectivity index (χ3n) is 2.95. The molecule has 76 valence electrons. The number of urea groups is 1. The summed E-state index contributed by atoms with van der Waals surface area (Å²) in [7, 11) is 3.50. The topological polar surface area (TPSA) is 58.4 Å². The van der Waals surface area contributed by atoms with Gasteiger partial charge >= 0.3 is 6.03 Å². The SMILES string of the molecule is CNC(=O)N(C)C1CCCC1CN. The van der Waals surface area contributed by atoms with Crippen molar-refractivity contribution in [2.24, 2.45) is 11.7 Å². The van der Waals surface area contributed by atoms with Crippen molar-refractivity contribution in [1.29, 1.82) is 0 Å². The Hall–Kier alpha value is -0.770. The van der Waals surface area contributed by atoms with Crippen molar-refractivity contribution < 1.29 is 4.79 Å². The maximum atomic E-state index is 11.3. The van der Waals surface area contributed by atoms with Crippen LogP contribution < -0.4 is 11.1 Å². The third kappa shape index (κ3) is 2.12. The molecular weight excluding hydrogens is 166 g/mol. The fraction of sp³-hybridized carbons (Fsp3) is 0.889. The Morgan fingerprint density at radius 1 is 1.62 bits per heavy atom. The molecule has 2 unspecified atom stereocenters. The number of carbonyl (C=O) groups is 1. The first-order chi connectivity index (χ1) is 6.20. The first kappa shape index (κ1) is 10.3. The Balaban J connectivity index is 2.54. The zero-order chi connectivity index (χ0) is 9.84. The lowest BCUT2D eigenvalue weighted by Gasteiger charge is -2.28. The normalized spacial score (nSPS) is 27.3. The molecule has 0 saturated heterocycles. The average molecular weight is 185 g/mol. The molecule has 1 saturated carbocycles. The molecule has 0 aromatic heterocycles. The van der Waals surface area contributed by atoms with Crippen LogP contribution in [-0.4, -0.2) is 37.6 Å². The number of carbonyl (C=O) groups excluding carboxylic acids is 1. The lowest BCUT2D eigenvalue weighted by atomic mass is 10.0. The largest absolute Gasteiger partial charge is 0.341 e. The second-order valence-electron chi connectivity index (χ2n) is 3.66. The fourth-order valence-corrected chi connectivity index (χ4v) is 2.13. The number of hydrogen-bond acceptors (Lipinski definition) is 2. The van der Waals surface area contributed by atoms with Crippen LogP contribution in [0.15, 0.2) is 0 Å². The smallest absolute Gasteiger partial charge is 0.317 e. The van der Waals surface area contributed by atoms with Gasteiger partial charge in [-0.1, -0.05) is 6.42 Å². The van der Waals surface area contributed by atoms with E-state index < -0.39 is 0 Å². The molecule has 0 radical (unpaired) electrons. The lowest BCUT2D eigenvalue weighted by molar-refractivity contribution is 0.179. The number of amides is 2. The summed E-state index contributed by atoms with van der Waals surface area (Å²) in [5.41, 5.74) is 5.65. The first-order valence-electron chi connectivity index (χ1n) is 4.85. The second-order valence-corrected chi connectivity index (χ2v) is 3.66. The van der Waals surface area contributed by atoms with Gasteiger partial charge in [0.25, 0.3) is 0 Å². The molecule has 4 heteroatoms. The van der Waals surface area contributed by atoms with E-state index in [2.05, 4.69) is 5.32 Å². The molecule has 0 aromatic carbocycles. The van der Waals surface area contributed by atoms with E-state index in [0.717, 1.165) is 12.8 Å². The molecule has 0 heterocycles. The van der Waals surface area contributed by atoms with Crippen molar-refractivity contribution in [2.45, 2.75) is 25.3 Å². The van der Waals surface area contributed by atoms with Crippen molar-refractivity contribution in [2.75, 3.05) is 20.6 Å². The summed E-state index contributed by atoms with van der Waals surface area (Å²) in [6.45, 7) is 0.687. The van der Waals surface area contributed by atoms with Gasteiger partial charge in [-0.15, -0.1) is 0 Å². The van der Waals surface area contributed by atoms with Gasteiger partial charge < -0.3 is 16.0 Å². The molecule has 0 aliphatic heterocycles. The van der Waals surface area contributed by atoms with Crippen LogP contribution in [0.3, 0.4) is 0 Å². The summed E-state index contributed by atoms with van der Waals surface area (Å²) in [4.78, 5) is 13.1. The van der Waals surface area contributed by atoms with Gasteiger partial charge in [0.15, 0.2) is 0 Å². The van der Waals surface area contributed by atoms with E-state index in [4.69, 9.17) is 5.73 Å². The minimum absolute atomic E-state index is 0.00894. The Bertz CT molecular complexity index is 184. The van der Waals surface area contributed by atoms with Crippen LogP contribution in [0.4, 0.5) is 4.79 Å². The summed E-state index contributed by atoms with van der Waals surface area (Å²) in [5, 5.41) is 2.63. The molecule has 1 aliphatic rings. The highest BCUT2D eigenvalue weighted by Crippen LogP contribution is 2.28. The molecule has 0 bridgehead atoms. The molecule has 3 N–H and O–H groups in total. The van der Waals surface area contributed by atoms with Gasteiger partial charge in [-0.05, 0) is 25.3 Å². The molecule has 1 rings (SSSR count). The number of hydrogen-bond donors (Lipinski definition) is 2. The highest BCUT2D eigenvalue weighted by Gasteiger charge is 2.31. The van der Waals surface area contributed by atoms with Crippen molar-refractivity contribution >= 4 is 6.03 Å². The van der Waals surface area contributed by atoms with Crippen molar-refractivity contribution in [3.8, 4) is 0 Å². The third-order valence-corrected chi connectivity index (χ3v) is 2.95. The van der Waals surface area contributed by atoms with E-state index in [0.29, 0.717) is 18.5 Å². The molecule has 2 amide bonds. The lowest BCUT2D eigenvalue weighted by Crippen LogP contribution is -2.45. The zero-order valence-corrected chi connectivity index (χ0v) is 8.42. The van der Waals surface area contributed by atoms with Crippen molar-refractivity contribution in [3.05, 3.63) is 0 Å². The Morgan fingerprint density at radius 3 is 2.85 bits per heavy atom. The van der Waals surface area contributed by atoms with Gasteiger partial charge in [0, 0.05) is 20.1 Å². The minimum Gasteiger partial charge on any atom is -0.341 e. The van der Waals surface area contributed by atoms with Crippen LogP contribution >= 0.6 is 0 Å². The minimum atomic E-state index is -0.00894. The predicted molar refractivity (Wildman–Crippen MR) is 52.4 cm³/mol. The second kappa shape index (κ2) is 4.46. The molecule has 0 aromatic rings. The summed E-state index contributed by atoms with van der Waals surface area (Å²) in [6, 6.07) is 0.329. The molecule has 2 atom stereocenters. The Morgan fingerprint density at radius 2 is 2.31 bits per heavy atom. The Kier molecular flexibility index (Phi) is 3.54. The van der Waals surface area contributed by atoms with Crippen LogP contribution in [0, 0.1) is 5.92 Å². The van der Waals surface area contributed by atoms with Gasteiger partial charge in [0.05, 0.1) is 0 Å². The molecule has 4 nitrogen and oxygen atoms in total. The van der Waals surface area contributed by atoms with Crippen LogP contribution in [-0.2, 0) is 0 Å². The highest BCUT2D eigenvalue weighted by molar-refractivity contribution is 5.73. The molecule has 1 fully saturated rings.